The zero-order valence-electron chi connectivity index (χ0n) is 17.8. The summed E-state index contributed by atoms with van der Waals surface area (Å²) >= 11 is 1.61. The lowest BCUT2D eigenvalue weighted by Crippen LogP contribution is -2.27. The van der Waals surface area contributed by atoms with Crippen molar-refractivity contribution in [2.24, 2.45) is 0 Å². The molecular formula is C21H26N6O3S. The number of hydrogen-bond acceptors (Lipinski definition) is 7. The third-order valence-electron chi connectivity index (χ3n) is 4.83. The monoisotopic (exact) mass is 442 g/mol. The van der Waals surface area contributed by atoms with Crippen LogP contribution in [-0.2, 0) is 24.3 Å². The SMILES string of the molecule is Cc1cc(C)cc(CNC(=O)c2cn3c(n2)CCN(c2nnc(C)s2)CC3)c1.O=CO. The minimum atomic E-state index is -0.250. The number of hydrogen-bond donors (Lipinski definition) is 2. The first kappa shape index (κ1) is 22.4. The smallest absolute Gasteiger partial charge is 0.290 e. The van der Waals surface area contributed by atoms with Gasteiger partial charge in [0, 0.05) is 38.8 Å². The lowest BCUT2D eigenvalue weighted by atomic mass is 10.1. The van der Waals surface area contributed by atoms with E-state index < -0.39 is 0 Å². The summed E-state index contributed by atoms with van der Waals surface area (Å²) < 4.78 is 2.08. The van der Waals surface area contributed by atoms with Crippen LogP contribution in [0.3, 0.4) is 0 Å². The van der Waals surface area contributed by atoms with Crippen molar-refractivity contribution >= 4 is 28.8 Å². The first-order chi connectivity index (χ1) is 14.9. The van der Waals surface area contributed by atoms with Crippen LogP contribution in [0.25, 0.3) is 0 Å². The zero-order chi connectivity index (χ0) is 22.4. The van der Waals surface area contributed by atoms with E-state index in [1.165, 1.54) is 11.1 Å². The minimum absolute atomic E-state index is 0.128. The Hall–Kier alpha value is -3.27. The lowest BCUT2D eigenvalue weighted by Gasteiger charge is -2.17. The van der Waals surface area contributed by atoms with Gasteiger partial charge in [-0.25, -0.2) is 4.98 Å². The molecule has 1 amide bonds. The molecule has 0 saturated heterocycles. The van der Waals surface area contributed by atoms with Gasteiger partial charge in [0.05, 0.1) is 0 Å². The predicted molar refractivity (Wildman–Crippen MR) is 119 cm³/mol. The number of aromatic nitrogens is 4. The Kier molecular flexibility index (Phi) is 7.35. The maximum Gasteiger partial charge on any atom is 0.290 e. The van der Waals surface area contributed by atoms with Gasteiger partial charge in [-0.3, -0.25) is 9.59 Å². The Morgan fingerprint density at radius 1 is 1.16 bits per heavy atom. The van der Waals surface area contributed by atoms with Gasteiger partial charge in [-0.2, -0.15) is 0 Å². The molecule has 31 heavy (non-hydrogen) atoms. The number of imidazole rings is 1. The third-order valence-corrected chi connectivity index (χ3v) is 5.73. The molecule has 1 aliphatic heterocycles. The molecule has 0 bridgehead atoms. The van der Waals surface area contributed by atoms with Crippen LogP contribution >= 0.6 is 11.3 Å². The normalized spacial score (nSPS) is 12.9. The average molecular weight is 443 g/mol. The Bertz CT molecular complexity index is 1020. The molecule has 9 nitrogen and oxygen atoms in total. The van der Waals surface area contributed by atoms with Gasteiger partial charge in [-0.1, -0.05) is 40.7 Å². The molecule has 3 heterocycles. The summed E-state index contributed by atoms with van der Waals surface area (Å²) in [6, 6.07) is 6.32. The van der Waals surface area contributed by atoms with Crippen LogP contribution in [0.5, 0.6) is 0 Å². The first-order valence-corrected chi connectivity index (χ1v) is 10.8. The van der Waals surface area contributed by atoms with E-state index in [9.17, 15) is 4.79 Å². The van der Waals surface area contributed by atoms with E-state index in [2.05, 4.69) is 62.0 Å². The summed E-state index contributed by atoms with van der Waals surface area (Å²) in [7, 11) is 0. The van der Waals surface area contributed by atoms with Gasteiger partial charge in [0.15, 0.2) is 0 Å². The highest BCUT2D eigenvalue weighted by Crippen LogP contribution is 2.21. The number of carbonyl (C=O) groups excluding carboxylic acids is 1. The van der Waals surface area contributed by atoms with E-state index in [4.69, 9.17) is 9.90 Å². The fourth-order valence-electron chi connectivity index (χ4n) is 3.58. The topological polar surface area (TPSA) is 113 Å². The quantitative estimate of drug-likeness (QED) is 0.596. The molecule has 164 valence electrons. The first-order valence-electron chi connectivity index (χ1n) is 9.94. The van der Waals surface area contributed by atoms with Crippen molar-refractivity contribution in [3.8, 4) is 0 Å². The largest absolute Gasteiger partial charge is 0.483 e. The summed E-state index contributed by atoms with van der Waals surface area (Å²) in [4.78, 5) is 27.7. The number of anilines is 1. The maximum atomic E-state index is 12.6. The molecule has 0 saturated carbocycles. The number of amides is 1. The number of rotatable bonds is 4. The van der Waals surface area contributed by atoms with Gasteiger partial charge in [0.25, 0.3) is 12.4 Å². The van der Waals surface area contributed by atoms with Crippen LogP contribution in [0.15, 0.2) is 24.4 Å². The number of nitrogens with zero attached hydrogens (tertiary/aromatic N) is 5. The molecule has 1 aliphatic rings. The van der Waals surface area contributed by atoms with Gasteiger partial charge in [0.2, 0.25) is 5.13 Å². The highest BCUT2D eigenvalue weighted by atomic mass is 32.1. The molecule has 3 aromatic rings. The van der Waals surface area contributed by atoms with Crippen molar-refractivity contribution in [1.82, 2.24) is 25.1 Å². The average Bonchev–Trinajstić information content (AvgIpc) is 3.28. The lowest BCUT2D eigenvalue weighted by molar-refractivity contribution is -0.122. The molecule has 0 fully saturated rings. The Morgan fingerprint density at radius 2 is 1.87 bits per heavy atom. The number of benzene rings is 1. The summed E-state index contributed by atoms with van der Waals surface area (Å²) in [5.41, 5.74) is 4.00. The Balaban J connectivity index is 0.000000858. The molecule has 0 unspecified atom stereocenters. The van der Waals surface area contributed by atoms with Crippen molar-refractivity contribution in [2.45, 2.75) is 40.3 Å². The molecule has 2 aromatic heterocycles. The molecule has 0 aliphatic carbocycles. The second-order valence-corrected chi connectivity index (χ2v) is 8.52. The van der Waals surface area contributed by atoms with E-state index >= 15 is 0 Å². The van der Waals surface area contributed by atoms with Gasteiger partial charge >= 0.3 is 0 Å². The summed E-state index contributed by atoms with van der Waals surface area (Å²) in [6.07, 6.45) is 2.64. The van der Waals surface area contributed by atoms with E-state index in [1.54, 1.807) is 11.3 Å². The van der Waals surface area contributed by atoms with Crippen molar-refractivity contribution in [2.75, 3.05) is 18.0 Å². The fraction of sp³-hybridized carbons (Fsp3) is 0.381. The molecular weight excluding hydrogens is 416 g/mol. The molecule has 0 spiro atoms. The van der Waals surface area contributed by atoms with Crippen LogP contribution in [0.2, 0.25) is 0 Å². The third kappa shape index (κ3) is 5.88. The summed E-state index contributed by atoms with van der Waals surface area (Å²) in [5, 5.41) is 20.1. The van der Waals surface area contributed by atoms with Crippen molar-refractivity contribution < 1.29 is 14.7 Å². The zero-order valence-corrected chi connectivity index (χ0v) is 18.6. The van der Waals surface area contributed by atoms with Gasteiger partial charge < -0.3 is 19.9 Å². The van der Waals surface area contributed by atoms with Crippen molar-refractivity contribution in [3.05, 3.63) is 57.6 Å². The van der Waals surface area contributed by atoms with Gasteiger partial charge in [0.1, 0.15) is 16.5 Å². The fourth-order valence-corrected chi connectivity index (χ4v) is 4.32. The highest BCUT2D eigenvalue weighted by molar-refractivity contribution is 7.15. The number of carboxylic acid groups (broad SMARTS) is 1. The van der Waals surface area contributed by atoms with Crippen LogP contribution in [0.1, 0.15) is 38.0 Å². The number of fused-ring (bicyclic) bond motifs is 1. The number of nitrogens with one attached hydrogen (secondary N) is 1. The molecule has 0 radical (unpaired) electrons. The van der Waals surface area contributed by atoms with Crippen LogP contribution in [0.4, 0.5) is 5.13 Å². The molecule has 2 N–H and O–H groups in total. The van der Waals surface area contributed by atoms with E-state index in [0.29, 0.717) is 12.2 Å². The summed E-state index contributed by atoms with van der Waals surface area (Å²) in [5.74, 6) is 0.816. The number of aryl methyl sites for hydroxylation is 3. The minimum Gasteiger partial charge on any atom is -0.483 e. The predicted octanol–water partition coefficient (Wildman–Crippen LogP) is 2.35. The van der Waals surface area contributed by atoms with E-state index in [-0.39, 0.29) is 12.4 Å². The maximum absolute atomic E-state index is 12.6. The molecule has 0 atom stereocenters. The van der Waals surface area contributed by atoms with Crippen molar-refractivity contribution in [3.63, 3.8) is 0 Å². The van der Waals surface area contributed by atoms with Crippen molar-refractivity contribution in [1.29, 1.82) is 0 Å². The summed E-state index contributed by atoms with van der Waals surface area (Å²) in [6.45, 7) is 8.80. The standard InChI is InChI=1S/C20H24N6OS.CH2O2/c1-13-8-14(2)10-16(9-13)11-21-19(27)17-12-26-7-6-25(5-4-18(26)22-17)20-24-23-15(3)28-20;2-1-3/h8-10,12H,4-7,11H2,1-3H3,(H,21,27);1H,(H,2,3). The number of carbonyl (C=O) groups is 2. The highest BCUT2D eigenvalue weighted by Gasteiger charge is 2.20. The van der Waals surface area contributed by atoms with Crippen LogP contribution in [-0.4, -0.2) is 50.3 Å². The van der Waals surface area contributed by atoms with Gasteiger partial charge in [-0.15, -0.1) is 10.2 Å². The van der Waals surface area contributed by atoms with E-state index in [1.807, 2.05) is 13.1 Å². The van der Waals surface area contributed by atoms with Crippen LogP contribution < -0.4 is 10.2 Å². The second kappa shape index (κ2) is 10.2. The molecule has 1 aromatic carbocycles. The van der Waals surface area contributed by atoms with Crippen LogP contribution in [0, 0.1) is 20.8 Å². The Morgan fingerprint density at radius 3 is 2.52 bits per heavy atom. The molecule has 10 heteroatoms. The second-order valence-electron chi connectivity index (χ2n) is 7.36. The van der Waals surface area contributed by atoms with E-state index in [0.717, 1.165) is 47.6 Å². The molecule has 4 rings (SSSR count). The Labute approximate surface area is 184 Å². The van der Waals surface area contributed by atoms with Gasteiger partial charge in [-0.05, 0) is 26.3 Å².